The Bertz CT molecular complexity index is 468. The summed E-state index contributed by atoms with van der Waals surface area (Å²) in [4.78, 5) is 14.5. The van der Waals surface area contributed by atoms with Crippen LogP contribution in [0.2, 0.25) is 0 Å². The van der Waals surface area contributed by atoms with Gasteiger partial charge >= 0.3 is 0 Å². The first-order valence-corrected chi connectivity index (χ1v) is 7.12. The maximum Gasteiger partial charge on any atom is 0.255 e. The molecule has 1 amide bonds. The van der Waals surface area contributed by atoms with Gasteiger partial charge in [-0.25, -0.2) is 0 Å². The Kier molecular flexibility index (Phi) is 3.93. The molecule has 108 valence electrons. The van der Waals surface area contributed by atoms with Gasteiger partial charge in [-0.3, -0.25) is 4.79 Å². The largest absolute Gasteiger partial charge is 0.376 e. The summed E-state index contributed by atoms with van der Waals surface area (Å²) in [6.07, 6.45) is 5.05. The van der Waals surface area contributed by atoms with Gasteiger partial charge in [0.15, 0.2) is 0 Å². The predicted octanol–water partition coefficient (Wildman–Crippen LogP) is 0.885. The van der Waals surface area contributed by atoms with Crippen molar-refractivity contribution in [1.29, 1.82) is 0 Å². The number of morpholine rings is 1. The minimum absolute atomic E-state index is 0.00227. The molecule has 1 aromatic rings. The van der Waals surface area contributed by atoms with E-state index in [1.165, 1.54) is 6.20 Å². The van der Waals surface area contributed by atoms with Crippen LogP contribution in [0.4, 0.5) is 0 Å². The number of hydrogen-bond donors (Lipinski definition) is 0. The van der Waals surface area contributed by atoms with Gasteiger partial charge in [-0.15, -0.1) is 0 Å². The van der Waals surface area contributed by atoms with E-state index in [-0.39, 0.29) is 24.2 Å². The summed E-state index contributed by atoms with van der Waals surface area (Å²) in [6, 6.07) is 1.82. The van der Waals surface area contributed by atoms with Gasteiger partial charge in [0.25, 0.3) is 5.91 Å². The Labute approximate surface area is 118 Å². The second-order valence-corrected chi connectivity index (χ2v) is 5.10. The van der Waals surface area contributed by atoms with Crippen molar-refractivity contribution in [2.24, 2.45) is 0 Å². The summed E-state index contributed by atoms with van der Waals surface area (Å²) in [5.41, 5.74) is 0.584. The average molecular weight is 277 g/mol. The van der Waals surface area contributed by atoms with Crippen LogP contribution in [0.15, 0.2) is 18.5 Å². The van der Waals surface area contributed by atoms with Gasteiger partial charge in [-0.05, 0) is 25.8 Å². The molecule has 20 heavy (non-hydrogen) atoms. The number of carbonyl (C=O) groups excluding carboxylic acids is 1. The van der Waals surface area contributed by atoms with Crippen molar-refractivity contribution in [2.45, 2.75) is 38.0 Å². The zero-order valence-electron chi connectivity index (χ0n) is 11.6. The van der Waals surface area contributed by atoms with Crippen LogP contribution in [0, 0.1) is 0 Å². The number of fused-ring (bicyclic) bond motifs is 1. The molecule has 1 saturated heterocycles. The first kappa shape index (κ1) is 13.5. The van der Waals surface area contributed by atoms with Crippen LogP contribution >= 0.6 is 0 Å². The molecule has 2 fully saturated rings. The monoisotopic (exact) mass is 277 g/mol. The highest BCUT2D eigenvalue weighted by atomic mass is 16.5. The normalized spacial score (nSPS) is 29.2. The van der Waals surface area contributed by atoms with Crippen molar-refractivity contribution in [3.8, 4) is 0 Å². The molecule has 0 unspecified atom stereocenters. The molecule has 6 nitrogen and oxygen atoms in total. The molecule has 1 aromatic heterocycles. The van der Waals surface area contributed by atoms with Crippen LogP contribution < -0.4 is 0 Å². The lowest BCUT2D eigenvalue weighted by atomic mass is 10.1. The minimum atomic E-state index is 0.00227. The molecule has 6 heteroatoms. The highest BCUT2D eigenvalue weighted by molar-refractivity contribution is 5.94. The van der Waals surface area contributed by atoms with Crippen LogP contribution in [0.3, 0.4) is 0 Å². The van der Waals surface area contributed by atoms with Crippen LogP contribution in [0.25, 0.3) is 0 Å². The topological polar surface area (TPSA) is 64.6 Å². The minimum Gasteiger partial charge on any atom is -0.376 e. The number of aromatic nitrogens is 2. The van der Waals surface area contributed by atoms with Gasteiger partial charge in [0.2, 0.25) is 0 Å². The predicted molar refractivity (Wildman–Crippen MR) is 71.2 cm³/mol. The van der Waals surface area contributed by atoms with E-state index in [4.69, 9.17) is 9.47 Å². The highest BCUT2D eigenvalue weighted by Gasteiger charge is 2.44. The SMILES string of the molecule is CCO[C@@H]1CC[C@@H]2[C@@H]1OCCN2C(=O)c1ccnnc1. The zero-order valence-corrected chi connectivity index (χ0v) is 11.6. The lowest BCUT2D eigenvalue weighted by Crippen LogP contribution is -2.53. The van der Waals surface area contributed by atoms with E-state index in [1.807, 2.05) is 11.8 Å². The van der Waals surface area contributed by atoms with Gasteiger partial charge in [-0.2, -0.15) is 10.2 Å². The second kappa shape index (κ2) is 5.85. The van der Waals surface area contributed by atoms with Crippen molar-refractivity contribution in [3.63, 3.8) is 0 Å². The Morgan fingerprint density at radius 2 is 2.40 bits per heavy atom. The van der Waals surface area contributed by atoms with Crippen molar-refractivity contribution in [2.75, 3.05) is 19.8 Å². The molecule has 2 aliphatic rings. The quantitative estimate of drug-likeness (QED) is 0.821. The molecular weight excluding hydrogens is 258 g/mol. The summed E-state index contributed by atoms with van der Waals surface area (Å²) in [5, 5.41) is 7.49. The average Bonchev–Trinajstić information content (AvgIpc) is 2.91. The molecule has 0 spiro atoms. The molecule has 0 N–H and O–H groups in total. The first-order chi connectivity index (χ1) is 9.81. The van der Waals surface area contributed by atoms with Gasteiger partial charge in [0.1, 0.15) is 6.10 Å². The van der Waals surface area contributed by atoms with Crippen LogP contribution in [0.5, 0.6) is 0 Å². The maximum absolute atomic E-state index is 12.6. The Hall–Kier alpha value is -1.53. The van der Waals surface area contributed by atoms with E-state index in [0.717, 1.165) is 12.8 Å². The smallest absolute Gasteiger partial charge is 0.255 e. The molecule has 0 bridgehead atoms. The van der Waals surface area contributed by atoms with Crippen molar-refractivity contribution in [3.05, 3.63) is 24.0 Å². The first-order valence-electron chi connectivity index (χ1n) is 7.12. The van der Waals surface area contributed by atoms with E-state index in [2.05, 4.69) is 10.2 Å². The lowest BCUT2D eigenvalue weighted by Gasteiger charge is -2.39. The third kappa shape index (κ3) is 2.41. The number of amides is 1. The molecule has 1 aliphatic carbocycles. The molecule has 2 heterocycles. The summed E-state index contributed by atoms with van der Waals surface area (Å²) < 4.78 is 11.6. The number of hydrogen-bond acceptors (Lipinski definition) is 5. The standard InChI is InChI=1S/C14H19N3O3/c1-2-19-12-4-3-11-13(12)20-8-7-17(11)14(18)10-5-6-15-16-9-10/h5-6,9,11-13H,2-4,7-8H2,1H3/t11-,12-,13+/m1/s1. The van der Waals surface area contributed by atoms with Crippen LogP contribution in [-0.2, 0) is 9.47 Å². The number of rotatable bonds is 3. The van der Waals surface area contributed by atoms with E-state index in [0.29, 0.717) is 25.3 Å². The van der Waals surface area contributed by atoms with Crippen LogP contribution in [-0.4, -0.2) is 59.0 Å². The highest BCUT2D eigenvalue weighted by Crippen LogP contribution is 2.32. The molecule has 3 rings (SSSR count). The number of carbonyl (C=O) groups is 1. The fraction of sp³-hybridized carbons (Fsp3) is 0.643. The van der Waals surface area contributed by atoms with E-state index in [1.54, 1.807) is 12.3 Å². The number of ether oxygens (including phenoxy) is 2. The molecule has 1 saturated carbocycles. The maximum atomic E-state index is 12.6. The van der Waals surface area contributed by atoms with E-state index < -0.39 is 0 Å². The van der Waals surface area contributed by atoms with Crippen molar-refractivity contribution >= 4 is 5.91 Å². The fourth-order valence-corrected chi connectivity index (χ4v) is 3.14. The zero-order chi connectivity index (χ0) is 13.9. The molecule has 3 atom stereocenters. The fourth-order valence-electron chi connectivity index (χ4n) is 3.14. The van der Waals surface area contributed by atoms with Gasteiger partial charge in [0, 0.05) is 13.2 Å². The molecule has 1 aliphatic heterocycles. The Morgan fingerprint density at radius 3 is 3.15 bits per heavy atom. The second-order valence-electron chi connectivity index (χ2n) is 5.10. The Balaban J connectivity index is 1.76. The molecule has 0 aromatic carbocycles. The summed E-state index contributed by atoms with van der Waals surface area (Å²) in [6.45, 7) is 3.86. The summed E-state index contributed by atoms with van der Waals surface area (Å²) >= 11 is 0. The Morgan fingerprint density at radius 1 is 1.50 bits per heavy atom. The van der Waals surface area contributed by atoms with Gasteiger partial charge < -0.3 is 14.4 Å². The number of nitrogens with zero attached hydrogens (tertiary/aromatic N) is 3. The molecular formula is C14H19N3O3. The third-order valence-electron chi connectivity index (χ3n) is 4.01. The third-order valence-corrected chi connectivity index (χ3v) is 4.01. The van der Waals surface area contributed by atoms with E-state index >= 15 is 0 Å². The van der Waals surface area contributed by atoms with Gasteiger partial charge in [-0.1, -0.05) is 0 Å². The lowest BCUT2D eigenvalue weighted by molar-refractivity contribution is -0.102. The summed E-state index contributed by atoms with van der Waals surface area (Å²) in [7, 11) is 0. The van der Waals surface area contributed by atoms with Gasteiger partial charge in [0.05, 0.1) is 36.7 Å². The van der Waals surface area contributed by atoms with E-state index in [9.17, 15) is 4.79 Å². The van der Waals surface area contributed by atoms with Crippen molar-refractivity contribution in [1.82, 2.24) is 15.1 Å². The molecule has 0 radical (unpaired) electrons. The summed E-state index contributed by atoms with van der Waals surface area (Å²) in [5.74, 6) is 0.00958. The van der Waals surface area contributed by atoms with Crippen molar-refractivity contribution < 1.29 is 14.3 Å². The van der Waals surface area contributed by atoms with Crippen LogP contribution in [0.1, 0.15) is 30.1 Å².